The molecule has 0 aromatic heterocycles. The van der Waals surface area contributed by atoms with Gasteiger partial charge in [-0.1, -0.05) is 15.9 Å². The van der Waals surface area contributed by atoms with Gasteiger partial charge >= 0.3 is 6.09 Å². The van der Waals surface area contributed by atoms with Crippen LogP contribution in [0.15, 0.2) is 16.6 Å². The summed E-state index contributed by atoms with van der Waals surface area (Å²) in [6.45, 7) is 6.60. The molecular weight excluding hydrogens is 412 g/mol. The van der Waals surface area contributed by atoms with Gasteiger partial charge in [-0.25, -0.2) is 13.6 Å². The van der Waals surface area contributed by atoms with Gasteiger partial charge in [0.2, 0.25) is 0 Å². The monoisotopic (exact) mass is 433 g/mol. The van der Waals surface area contributed by atoms with E-state index >= 15 is 0 Å². The van der Waals surface area contributed by atoms with E-state index in [0.717, 1.165) is 12.1 Å². The smallest absolute Gasteiger partial charge is 0.410 e. The van der Waals surface area contributed by atoms with Crippen LogP contribution in [0.3, 0.4) is 0 Å². The average molecular weight is 434 g/mol. The number of hydrogen-bond donors (Lipinski definition) is 0. The molecule has 0 spiro atoms. The first kappa shape index (κ1) is 19.4. The summed E-state index contributed by atoms with van der Waals surface area (Å²) in [5, 5.41) is 0. The first-order chi connectivity index (χ1) is 12.1. The Bertz CT molecular complexity index is 686. The lowest BCUT2D eigenvalue weighted by atomic mass is 9.84. The van der Waals surface area contributed by atoms with E-state index in [1.165, 1.54) is 4.90 Å². The maximum Gasteiger partial charge on any atom is 0.410 e. The normalized spacial score (nSPS) is 25.8. The predicted octanol–water partition coefficient (Wildman–Crippen LogP) is 4.13. The highest BCUT2D eigenvalue weighted by Crippen LogP contribution is 2.37. The Morgan fingerprint density at radius 2 is 2.00 bits per heavy atom. The topological polar surface area (TPSA) is 48.0 Å². The summed E-state index contributed by atoms with van der Waals surface area (Å²) < 4.78 is 45.6. The van der Waals surface area contributed by atoms with Crippen LogP contribution >= 0.6 is 15.9 Å². The van der Waals surface area contributed by atoms with Crippen molar-refractivity contribution in [3.05, 3.63) is 28.2 Å². The number of benzene rings is 1. The molecule has 2 bridgehead atoms. The van der Waals surface area contributed by atoms with Gasteiger partial charge in [-0.2, -0.15) is 0 Å². The Kier molecular flexibility index (Phi) is 5.18. The maximum atomic E-state index is 14.2. The summed E-state index contributed by atoms with van der Waals surface area (Å²) in [6.07, 6.45) is 0.0927. The van der Waals surface area contributed by atoms with Gasteiger partial charge in [-0.3, -0.25) is 0 Å². The second kappa shape index (κ2) is 6.96. The average Bonchev–Trinajstić information content (AvgIpc) is 2.49. The summed E-state index contributed by atoms with van der Waals surface area (Å²) >= 11 is 3.05. The molecule has 3 rings (SSSR count). The van der Waals surface area contributed by atoms with Gasteiger partial charge in [-0.05, 0) is 39.3 Å². The minimum Gasteiger partial charge on any atom is -0.477 e. The van der Waals surface area contributed by atoms with E-state index in [0.29, 0.717) is 19.6 Å². The molecule has 8 heteroatoms. The van der Waals surface area contributed by atoms with Gasteiger partial charge in [0.1, 0.15) is 5.60 Å². The maximum absolute atomic E-state index is 14.2. The predicted molar refractivity (Wildman–Crippen MR) is 94.2 cm³/mol. The van der Waals surface area contributed by atoms with E-state index in [1.807, 2.05) is 0 Å². The third-order valence-electron chi connectivity index (χ3n) is 4.27. The lowest BCUT2D eigenvalue weighted by Gasteiger charge is -2.48. The number of amides is 1. The molecule has 0 radical (unpaired) electrons. The fourth-order valence-electron chi connectivity index (χ4n) is 3.42. The van der Waals surface area contributed by atoms with Crippen LogP contribution in [0.2, 0.25) is 0 Å². The number of hydrogen-bond acceptors (Lipinski definition) is 4. The van der Waals surface area contributed by atoms with Crippen LogP contribution in [0.25, 0.3) is 0 Å². The molecule has 0 aliphatic carbocycles. The van der Waals surface area contributed by atoms with Gasteiger partial charge in [-0.15, -0.1) is 0 Å². The van der Waals surface area contributed by atoms with Crippen LogP contribution < -0.4 is 4.74 Å². The van der Waals surface area contributed by atoms with Gasteiger partial charge in [0.05, 0.1) is 19.8 Å². The van der Waals surface area contributed by atoms with Crippen molar-refractivity contribution in [2.45, 2.75) is 38.4 Å². The molecule has 2 fully saturated rings. The third kappa shape index (κ3) is 4.28. The van der Waals surface area contributed by atoms with E-state index in [2.05, 4.69) is 15.9 Å². The first-order valence-electron chi connectivity index (χ1n) is 8.46. The van der Waals surface area contributed by atoms with Gasteiger partial charge in [0.25, 0.3) is 0 Å². The van der Waals surface area contributed by atoms with Crippen LogP contribution in [0, 0.1) is 17.6 Å². The largest absolute Gasteiger partial charge is 0.477 e. The molecule has 2 saturated heterocycles. The molecule has 2 unspecified atom stereocenters. The Labute approximate surface area is 159 Å². The van der Waals surface area contributed by atoms with Crippen molar-refractivity contribution in [2.24, 2.45) is 5.92 Å². The Hall–Kier alpha value is -1.41. The number of fused-ring (bicyclic) bond motifs is 2. The molecule has 1 aromatic carbocycles. The number of likely N-dealkylation sites (tertiary alicyclic amines) is 1. The number of rotatable bonds is 2. The van der Waals surface area contributed by atoms with Crippen molar-refractivity contribution < 1.29 is 27.8 Å². The van der Waals surface area contributed by atoms with Crippen LogP contribution in [0.4, 0.5) is 13.6 Å². The summed E-state index contributed by atoms with van der Waals surface area (Å²) in [6, 6.07) is 2.29. The lowest BCUT2D eigenvalue weighted by Crippen LogP contribution is -2.62. The fraction of sp³-hybridized carbons (Fsp3) is 0.611. The van der Waals surface area contributed by atoms with Crippen LogP contribution in [0.1, 0.15) is 27.2 Å². The Morgan fingerprint density at radius 3 is 2.62 bits per heavy atom. The van der Waals surface area contributed by atoms with E-state index < -0.39 is 34.7 Å². The second-order valence-corrected chi connectivity index (χ2v) is 8.85. The summed E-state index contributed by atoms with van der Waals surface area (Å²) in [5.74, 6) is -2.04. The number of piperidine rings is 1. The summed E-state index contributed by atoms with van der Waals surface area (Å²) in [7, 11) is 0. The van der Waals surface area contributed by atoms with Gasteiger partial charge in [0, 0.05) is 16.9 Å². The number of nitrogens with zero attached hydrogens (tertiary/aromatic N) is 1. The molecule has 144 valence electrons. The molecular formula is C18H22BrF2NO4. The molecule has 5 nitrogen and oxygen atoms in total. The molecule has 1 aromatic rings. The molecule has 2 heterocycles. The van der Waals surface area contributed by atoms with E-state index in [-0.39, 0.29) is 23.5 Å². The van der Waals surface area contributed by atoms with Crippen molar-refractivity contribution in [3.8, 4) is 5.75 Å². The molecule has 0 saturated carbocycles. The first-order valence-corrected chi connectivity index (χ1v) is 9.25. The highest BCUT2D eigenvalue weighted by atomic mass is 79.9. The zero-order valence-electron chi connectivity index (χ0n) is 15.0. The third-order valence-corrected chi connectivity index (χ3v) is 4.73. The van der Waals surface area contributed by atoms with Crippen molar-refractivity contribution in [1.29, 1.82) is 0 Å². The zero-order valence-corrected chi connectivity index (χ0v) is 16.6. The van der Waals surface area contributed by atoms with Crippen molar-refractivity contribution in [3.63, 3.8) is 0 Å². The number of carbonyl (C=O) groups excluding carboxylic acids is 1. The number of carbonyl (C=O) groups is 1. The van der Waals surface area contributed by atoms with E-state index in [1.54, 1.807) is 20.8 Å². The highest BCUT2D eigenvalue weighted by Gasteiger charge is 2.48. The molecule has 2 aliphatic rings. The molecule has 26 heavy (non-hydrogen) atoms. The van der Waals surface area contributed by atoms with Crippen LogP contribution in [-0.2, 0) is 9.47 Å². The van der Waals surface area contributed by atoms with Gasteiger partial charge < -0.3 is 19.1 Å². The molecule has 1 amide bonds. The van der Waals surface area contributed by atoms with Crippen LogP contribution in [-0.4, -0.2) is 48.5 Å². The van der Waals surface area contributed by atoms with Gasteiger partial charge in [0.15, 0.2) is 23.0 Å². The highest BCUT2D eigenvalue weighted by molar-refractivity contribution is 9.10. The molecule has 2 atom stereocenters. The number of halogens is 3. The minimum absolute atomic E-state index is 0.0200. The van der Waals surface area contributed by atoms with Crippen LogP contribution in [0.5, 0.6) is 5.75 Å². The van der Waals surface area contributed by atoms with E-state index in [4.69, 9.17) is 14.2 Å². The molecule has 2 aliphatic heterocycles. The zero-order chi connectivity index (χ0) is 19.1. The second-order valence-electron chi connectivity index (χ2n) is 7.93. The van der Waals surface area contributed by atoms with Crippen molar-refractivity contribution in [1.82, 2.24) is 4.90 Å². The SMILES string of the molecule is CC(C)(C)OC(=O)N1CC2COCC(Oc3c(F)cc(Br)cc3F)(C2)C1. The Balaban J connectivity index is 1.84. The Morgan fingerprint density at radius 1 is 1.35 bits per heavy atom. The van der Waals surface area contributed by atoms with Crippen molar-refractivity contribution in [2.75, 3.05) is 26.3 Å². The fourth-order valence-corrected chi connectivity index (χ4v) is 3.82. The van der Waals surface area contributed by atoms with E-state index in [9.17, 15) is 13.6 Å². The summed E-state index contributed by atoms with van der Waals surface area (Å²) in [4.78, 5) is 14.0. The standard InChI is InChI=1S/C18H22BrF2NO4/c1-17(2,3)26-16(23)22-7-11-6-18(9-22,10-24-8-11)25-15-13(20)4-12(19)5-14(15)21/h4-5,11H,6-10H2,1-3H3. The number of ether oxygens (including phenoxy) is 3. The summed E-state index contributed by atoms with van der Waals surface area (Å²) in [5.41, 5.74) is -1.63. The lowest BCUT2D eigenvalue weighted by molar-refractivity contribution is -0.137. The quantitative estimate of drug-likeness (QED) is 0.703. The minimum atomic E-state index is -1.01. The molecule has 0 N–H and O–H groups in total. The van der Waals surface area contributed by atoms with Crippen molar-refractivity contribution >= 4 is 22.0 Å².